The Morgan fingerprint density at radius 2 is 1.94 bits per heavy atom. The highest BCUT2D eigenvalue weighted by atomic mass is 32.2. The summed E-state index contributed by atoms with van der Waals surface area (Å²) in [4.78, 5) is 11.2. The minimum absolute atomic E-state index is 0.0474. The molecule has 0 heterocycles. The fourth-order valence-electron chi connectivity index (χ4n) is 1.58. The third-order valence-electron chi connectivity index (χ3n) is 2.23. The van der Waals surface area contributed by atoms with E-state index in [0.29, 0.717) is 12.0 Å². The first-order valence-corrected chi connectivity index (χ1v) is 6.00. The van der Waals surface area contributed by atoms with Gasteiger partial charge >= 0.3 is 5.51 Å². The maximum Gasteiger partial charge on any atom is 0.446 e. The van der Waals surface area contributed by atoms with Crippen molar-refractivity contribution in [3.63, 3.8) is 0 Å². The lowest BCUT2D eigenvalue weighted by molar-refractivity contribution is -0.116. The molecule has 0 aliphatic carbocycles. The largest absolute Gasteiger partial charge is 0.446 e. The molecule has 94 valence electrons. The molecule has 1 nitrogen and oxygen atoms in total. The van der Waals surface area contributed by atoms with E-state index < -0.39 is 5.51 Å². The number of aryl methyl sites for hydroxylation is 1. The number of ketones is 1. The number of hydrogen-bond donors (Lipinski definition) is 0. The highest BCUT2D eigenvalue weighted by molar-refractivity contribution is 8.00. The molecule has 1 rings (SSSR count). The van der Waals surface area contributed by atoms with Crippen LogP contribution in [0, 0.1) is 0 Å². The monoisotopic (exact) mass is 262 g/mol. The van der Waals surface area contributed by atoms with E-state index in [2.05, 4.69) is 0 Å². The molecule has 0 saturated carbocycles. The molecule has 0 spiro atoms. The third-order valence-corrected chi connectivity index (χ3v) is 2.95. The number of alkyl halides is 3. The third kappa shape index (κ3) is 4.81. The van der Waals surface area contributed by atoms with Crippen LogP contribution in [0.1, 0.15) is 25.0 Å². The van der Waals surface area contributed by atoms with Crippen molar-refractivity contribution in [1.29, 1.82) is 0 Å². The molecule has 0 unspecified atom stereocenters. The summed E-state index contributed by atoms with van der Waals surface area (Å²) in [6, 6.07) is 4.56. The molecule has 0 atom stereocenters. The second-order valence-electron chi connectivity index (χ2n) is 3.71. The average Bonchev–Trinajstić information content (AvgIpc) is 2.14. The van der Waals surface area contributed by atoms with E-state index in [9.17, 15) is 18.0 Å². The second kappa shape index (κ2) is 5.58. The van der Waals surface area contributed by atoms with Crippen LogP contribution in [0.4, 0.5) is 13.2 Å². The van der Waals surface area contributed by atoms with E-state index in [4.69, 9.17) is 0 Å². The van der Waals surface area contributed by atoms with Crippen LogP contribution in [0.5, 0.6) is 0 Å². The smallest absolute Gasteiger partial charge is 0.300 e. The summed E-state index contributed by atoms with van der Waals surface area (Å²) in [5, 5.41) is 0. The highest BCUT2D eigenvalue weighted by Gasteiger charge is 2.29. The van der Waals surface area contributed by atoms with Crippen LogP contribution in [0.3, 0.4) is 0 Å². The maximum absolute atomic E-state index is 12.2. The number of benzene rings is 1. The molecule has 0 amide bonds. The minimum Gasteiger partial charge on any atom is -0.300 e. The quantitative estimate of drug-likeness (QED) is 0.763. The number of carbonyl (C=O) groups is 1. The number of hydrogen-bond acceptors (Lipinski definition) is 2. The van der Waals surface area contributed by atoms with E-state index in [1.165, 1.54) is 19.1 Å². The van der Waals surface area contributed by atoms with Gasteiger partial charge in [0, 0.05) is 11.3 Å². The van der Waals surface area contributed by atoms with Gasteiger partial charge in [-0.1, -0.05) is 13.0 Å². The van der Waals surface area contributed by atoms with E-state index in [0.717, 1.165) is 5.56 Å². The van der Waals surface area contributed by atoms with Crippen LogP contribution < -0.4 is 0 Å². The molecule has 0 aromatic heterocycles. The first-order chi connectivity index (χ1) is 7.81. The molecule has 0 aliphatic rings. The SMILES string of the molecule is CCc1ccc(SC(F)(F)F)cc1CC(C)=O. The van der Waals surface area contributed by atoms with Gasteiger partial charge in [0.05, 0.1) is 0 Å². The van der Waals surface area contributed by atoms with Gasteiger partial charge in [-0.2, -0.15) is 13.2 Å². The zero-order valence-electron chi connectivity index (χ0n) is 9.60. The zero-order valence-corrected chi connectivity index (χ0v) is 10.4. The van der Waals surface area contributed by atoms with Gasteiger partial charge < -0.3 is 0 Å². The van der Waals surface area contributed by atoms with Crippen molar-refractivity contribution in [2.24, 2.45) is 0 Å². The molecule has 5 heteroatoms. The number of rotatable bonds is 4. The van der Waals surface area contributed by atoms with Gasteiger partial charge in [-0.3, -0.25) is 4.79 Å². The molecule has 0 aliphatic heterocycles. The molecule has 0 radical (unpaired) electrons. The van der Waals surface area contributed by atoms with Crippen molar-refractivity contribution in [3.05, 3.63) is 29.3 Å². The summed E-state index contributed by atoms with van der Waals surface area (Å²) in [7, 11) is 0. The summed E-state index contributed by atoms with van der Waals surface area (Å²) in [5.41, 5.74) is -2.68. The van der Waals surface area contributed by atoms with Crippen LogP contribution in [0.2, 0.25) is 0 Å². The minimum atomic E-state index is -4.29. The van der Waals surface area contributed by atoms with Gasteiger partial charge in [-0.15, -0.1) is 0 Å². The summed E-state index contributed by atoms with van der Waals surface area (Å²) in [6.45, 7) is 3.35. The summed E-state index contributed by atoms with van der Waals surface area (Å²) >= 11 is -0.150. The lowest BCUT2D eigenvalue weighted by atomic mass is 10.0. The molecule has 17 heavy (non-hydrogen) atoms. The van der Waals surface area contributed by atoms with Gasteiger partial charge in [0.2, 0.25) is 0 Å². The van der Waals surface area contributed by atoms with Gasteiger partial charge in [0.25, 0.3) is 0 Å². The van der Waals surface area contributed by atoms with E-state index in [-0.39, 0.29) is 28.9 Å². The predicted octanol–water partition coefficient (Wildman–Crippen LogP) is 3.99. The Balaban J connectivity index is 3.00. The Morgan fingerprint density at radius 1 is 1.29 bits per heavy atom. The summed E-state index contributed by atoms with van der Waals surface area (Å²) in [5.74, 6) is -0.0474. The predicted molar refractivity (Wildman–Crippen MR) is 62.1 cm³/mol. The van der Waals surface area contributed by atoms with E-state index in [1.54, 1.807) is 6.07 Å². The van der Waals surface area contributed by atoms with Crippen molar-refractivity contribution < 1.29 is 18.0 Å². The molecule has 0 bridgehead atoms. The number of Topliss-reactive ketones (excluding diaryl/α,β-unsaturated/α-hetero) is 1. The van der Waals surface area contributed by atoms with Crippen LogP contribution in [0.25, 0.3) is 0 Å². The fourth-order valence-corrected chi connectivity index (χ4v) is 2.18. The lowest BCUT2D eigenvalue weighted by Gasteiger charge is -2.10. The Morgan fingerprint density at radius 3 is 2.41 bits per heavy atom. The Bertz CT molecular complexity index is 413. The van der Waals surface area contributed by atoms with Gasteiger partial charge in [0.15, 0.2) is 0 Å². The Hall–Kier alpha value is -0.970. The standard InChI is InChI=1S/C12H13F3OS/c1-3-9-4-5-11(17-12(13,14)15)7-10(9)6-8(2)16/h4-5,7H,3,6H2,1-2H3. The van der Waals surface area contributed by atoms with E-state index in [1.807, 2.05) is 6.92 Å². The van der Waals surface area contributed by atoms with Crippen molar-refractivity contribution in [3.8, 4) is 0 Å². The summed E-state index contributed by atoms with van der Waals surface area (Å²) in [6.07, 6.45) is 0.898. The second-order valence-corrected chi connectivity index (χ2v) is 4.85. The van der Waals surface area contributed by atoms with Crippen molar-refractivity contribution >= 4 is 17.5 Å². The Labute approximate surface area is 102 Å². The first-order valence-electron chi connectivity index (χ1n) is 5.19. The van der Waals surface area contributed by atoms with Gasteiger partial charge in [-0.05, 0) is 48.4 Å². The molecule has 0 fully saturated rings. The lowest BCUT2D eigenvalue weighted by Crippen LogP contribution is -2.03. The first kappa shape index (κ1) is 14.1. The molecule has 0 N–H and O–H groups in total. The zero-order chi connectivity index (χ0) is 13.1. The van der Waals surface area contributed by atoms with Gasteiger partial charge in [-0.25, -0.2) is 0 Å². The van der Waals surface area contributed by atoms with Crippen LogP contribution in [-0.4, -0.2) is 11.3 Å². The molecule has 1 aromatic carbocycles. The Kier molecular flexibility index (Phi) is 4.62. The number of carbonyl (C=O) groups excluding carboxylic acids is 1. The number of halogens is 3. The average molecular weight is 262 g/mol. The fraction of sp³-hybridized carbons (Fsp3) is 0.417. The normalized spacial score (nSPS) is 11.6. The van der Waals surface area contributed by atoms with E-state index >= 15 is 0 Å². The van der Waals surface area contributed by atoms with Crippen molar-refractivity contribution in [2.75, 3.05) is 0 Å². The highest BCUT2D eigenvalue weighted by Crippen LogP contribution is 2.37. The van der Waals surface area contributed by atoms with Crippen molar-refractivity contribution in [2.45, 2.75) is 37.1 Å². The van der Waals surface area contributed by atoms with Crippen LogP contribution in [0.15, 0.2) is 23.1 Å². The molecule has 0 saturated heterocycles. The van der Waals surface area contributed by atoms with Crippen LogP contribution in [-0.2, 0) is 17.6 Å². The molecular formula is C12H13F3OS. The van der Waals surface area contributed by atoms with Gasteiger partial charge in [0.1, 0.15) is 5.78 Å². The molecule has 1 aromatic rings. The number of thioether (sulfide) groups is 1. The maximum atomic E-state index is 12.2. The van der Waals surface area contributed by atoms with Crippen molar-refractivity contribution in [1.82, 2.24) is 0 Å². The summed E-state index contributed by atoms with van der Waals surface area (Å²) < 4.78 is 36.6. The topological polar surface area (TPSA) is 17.1 Å². The molecular weight excluding hydrogens is 249 g/mol. The van der Waals surface area contributed by atoms with Crippen LogP contribution >= 0.6 is 11.8 Å².